The van der Waals surface area contributed by atoms with Gasteiger partial charge in [0, 0.05) is 36.7 Å². The summed E-state index contributed by atoms with van der Waals surface area (Å²) in [5.74, 6) is -2.00. The number of rotatable bonds is 9. The number of fused-ring (bicyclic) bond motifs is 1. The van der Waals surface area contributed by atoms with Gasteiger partial charge in [-0.05, 0) is 62.1 Å². The molecule has 2 aromatic rings. The van der Waals surface area contributed by atoms with Crippen LogP contribution in [0, 0.1) is 11.6 Å². The van der Waals surface area contributed by atoms with E-state index in [1.807, 2.05) is 0 Å². The first-order chi connectivity index (χ1) is 18.8. The van der Waals surface area contributed by atoms with Crippen LogP contribution in [0.2, 0.25) is 0 Å². The van der Waals surface area contributed by atoms with Gasteiger partial charge in [-0.3, -0.25) is 29.4 Å². The first kappa shape index (κ1) is 26.7. The Labute approximate surface area is 224 Å². The molecule has 2 atom stereocenters. The molecule has 4 amide bonds. The zero-order valence-corrected chi connectivity index (χ0v) is 21.4. The van der Waals surface area contributed by atoms with Gasteiger partial charge in [-0.25, -0.2) is 8.78 Å². The molecule has 2 saturated heterocycles. The van der Waals surface area contributed by atoms with E-state index in [1.165, 1.54) is 17.0 Å². The van der Waals surface area contributed by atoms with Crippen molar-refractivity contribution in [2.75, 3.05) is 19.7 Å². The molecule has 9 nitrogen and oxygen atoms in total. The maximum Gasteiger partial charge on any atom is 0.255 e. The van der Waals surface area contributed by atoms with E-state index in [4.69, 9.17) is 4.74 Å². The van der Waals surface area contributed by atoms with Crippen molar-refractivity contribution >= 4 is 23.6 Å². The number of amides is 4. The van der Waals surface area contributed by atoms with Gasteiger partial charge in [0.1, 0.15) is 23.4 Å². The quantitative estimate of drug-likeness (QED) is 0.373. The minimum Gasteiger partial charge on any atom is -0.493 e. The number of carbonyl (C=O) groups excluding carboxylic acids is 4. The monoisotopic (exact) mass is 540 g/mol. The van der Waals surface area contributed by atoms with Crippen LogP contribution < -0.4 is 15.4 Å². The number of imide groups is 1. The van der Waals surface area contributed by atoms with Gasteiger partial charge in [0.25, 0.3) is 5.91 Å². The van der Waals surface area contributed by atoms with E-state index in [-0.39, 0.29) is 43.3 Å². The van der Waals surface area contributed by atoms with E-state index >= 15 is 0 Å². The van der Waals surface area contributed by atoms with Gasteiger partial charge in [-0.1, -0.05) is 6.07 Å². The summed E-state index contributed by atoms with van der Waals surface area (Å²) in [6.45, 7) is 2.05. The van der Waals surface area contributed by atoms with Crippen molar-refractivity contribution in [3.63, 3.8) is 0 Å². The Morgan fingerprint density at radius 3 is 2.67 bits per heavy atom. The second-order valence-corrected chi connectivity index (χ2v) is 10.1. The van der Waals surface area contributed by atoms with Gasteiger partial charge in [0.15, 0.2) is 0 Å². The van der Waals surface area contributed by atoms with E-state index in [1.54, 1.807) is 18.2 Å². The summed E-state index contributed by atoms with van der Waals surface area (Å²) in [6.07, 6.45) is 2.71. The Hall–Kier alpha value is -3.86. The second kappa shape index (κ2) is 11.5. The fraction of sp³-hybridized carbons (Fsp3) is 0.429. The first-order valence-corrected chi connectivity index (χ1v) is 13.2. The number of benzene rings is 2. The lowest BCUT2D eigenvalue weighted by atomic mass is 10.0. The number of carbonyl (C=O) groups is 4. The molecule has 0 aliphatic carbocycles. The maximum atomic E-state index is 13.4. The highest BCUT2D eigenvalue weighted by Crippen LogP contribution is 2.33. The number of nitrogens with one attached hydrogen (secondary N) is 2. The number of likely N-dealkylation sites (tertiary alicyclic amines) is 1. The number of hydrogen-bond donors (Lipinski definition) is 2. The fourth-order valence-electron chi connectivity index (χ4n) is 5.55. The molecule has 39 heavy (non-hydrogen) atoms. The van der Waals surface area contributed by atoms with Crippen LogP contribution in [-0.2, 0) is 27.5 Å². The van der Waals surface area contributed by atoms with Gasteiger partial charge in [0.05, 0.1) is 19.2 Å². The van der Waals surface area contributed by atoms with Crippen molar-refractivity contribution in [2.45, 2.75) is 57.3 Å². The molecular formula is C28H30F2N4O5. The largest absolute Gasteiger partial charge is 0.493 e. The Kier molecular flexibility index (Phi) is 7.87. The van der Waals surface area contributed by atoms with Crippen LogP contribution in [0.3, 0.4) is 0 Å². The molecule has 3 aliphatic rings. The van der Waals surface area contributed by atoms with Gasteiger partial charge >= 0.3 is 0 Å². The van der Waals surface area contributed by atoms with Crippen molar-refractivity contribution in [2.24, 2.45) is 0 Å². The van der Waals surface area contributed by atoms with E-state index in [0.29, 0.717) is 49.3 Å². The molecule has 206 valence electrons. The SMILES string of the molecule is O=C1CCC(N2Cc3c(OCCCN4CCC[C@H]4C(=O)NCc4cc(F)cc(F)c4)cccc3C2=O)C(=O)N1. The summed E-state index contributed by atoms with van der Waals surface area (Å²) in [5, 5.41) is 5.08. The highest BCUT2D eigenvalue weighted by atomic mass is 19.1. The lowest BCUT2D eigenvalue weighted by molar-refractivity contribution is -0.137. The van der Waals surface area contributed by atoms with Crippen molar-refractivity contribution in [3.8, 4) is 5.75 Å². The summed E-state index contributed by atoms with van der Waals surface area (Å²) in [7, 11) is 0. The second-order valence-electron chi connectivity index (χ2n) is 10.1. The van der Waals surface area contributed by atoms with Crippen molar-refractivity contribution in [3.05, 3.63) is 64.7 Å². The number of halogens is 2. The highest BCUT2D eigenvalue weighted by molar-refractivity contribution is 6.05. The molecule has 1 unspecified atom stereocenters. The smallest absolute Gasteiger partial charge is 0.255 e. The number of ether oxygens (including phenoxy) is 1. The molecule has 2 fully saturated rings. The molecule has 3 heterocycles. The normalized spacial score (nSPS) is 21.2. The van der Waals surface area contributed by atoms with Crippen LogP contribution in [-0.4, -0.2) is 65.2 Å². The van der Waals surface area contributed by atoms with Crippen LogP contribution in [0.4, 0.5) is 8.78 Å². The topological polar surface area (TPSA) is 108 Å². The first-order valence-electron chi connectivity index (χ1n) is 13.2. The van der Waals surface area contributed by atoms with Crippen LogP contribution >= 0.6 is 0 Å². The van der Waals surface area contributed by atoms with Gasteiger partial charge < -0.3 is 15.0 Å². The van der Waals surface area contributed by atoms with E-state index < -0.39 is 23.6 Å². The summed E-state index contributed by atoms with van der Waals surface area (Å²) in [4.78, 5) is 53.1. The Morgan fingerprint density at radius 2 is 1.90 bits per heavy atom. The highest BCUT2D eigenvalue weighted by Gasteiger charge is 2.40. The zero-order valence-electron chi connectivity index (χ0n) is 21.4. The molecule has 0 spiro atoms. The van der Waals surface area contributed by atoms with Gasteiger partial charge in [0.2, 0.25) is 17.7 Å². The van der Waals surface area contributed by atoms with E-state index in [9.17, 15) is 28.0 Å². The third-order valence-electron chi connectivity index (χ3n) is 7.44. The van der Waals surface area contributed by atoms with Crippen LogP contribution in [0.1, 0.15) is 53.6 Å². The number of hydrogen-bond acceptors (Lipinski definition) is 6. The molecule has 0 aromatic heterocycles. The summed E-state index contributed by atoms with van der Waals surface area (Å²) in [6, 6.07) is 7.44. The zero-order chi connectivity index (χ0) is 27.5. The maximum absolute atomic E-state index is 13.4. The predicted molar refractivity (Wildman–Crippen MR) is 135 cm³/mol. The molecule has 0 bridgehead atoms. The van der Waals surface area contributed by atoms with Crippen LogP contribution in [0.5, 0.6) is 5.75 Å². The third-order valence-corrected chi connectivity index (χ3v) is 7.44. The van der Waals surface area contributed by atoms with Crippen LogP contribution in [0.25, 0.3) is 0 Å². The predicted octanol–water partition coefficient (Wildman–Crippen LogP) is 2.28. The van der Waals surface area contributed by atoms with Gasteiger partial charge in [-0.15, -0.1) is 0 Å². The molecule has 3 aliphatic heterocycles. The minimum absolute atomic E-state index is 0.0502. The van der Waals surface area contributed by atoms with E-state index in [2.05, 4.69) is 15.5 Å². The number of nitrogens with zero attached hydrogens (tertiary/aromatic N) is 2. The molecule has 2 N–H and O–H groups in total. The summed E-state index contributed by atoms with van der Waals surface area (Å²) < 4.78 is 32.9. The Balaban J connectivity index is 1.12. The van der Waals surface area contributed by atoms with Gasteiger partial charge in [-0.2, -0.15) is 0 Å². The Bertz CT molecular complexity index is 1280. The lowest BCUT2D eigenvalue weighted by Crippen LogP contribution is -2.52. The lowest BCUT2D eigenvalue weighted by Gasteiger charge is -2.29. The standard InChI is InChI=1S/C28H30F2N4O5/c29-18-12-17(13-19(30)14-18)15-31-26(36)22-5-2-9-33(22)10-3-11-39-24-6-1-4-20-21(24)16-34(28(20)38)23-7-8-25(35)32-27(23)37/h1,4,6,12-14,22-23H,2-3,5,7-11,15-16H2,(H,31,36)(H,32,35,37)/t22-,23?/m0/s1. The molecule has 0 saturated carbocycles. The fourth-order valence-corrected chi connectivity index (χ4v) is 5.55. The molecule has 5 rings (SSSR count). The third kappa shape index (κ3) is 5.93. The minimum atomic E-state index is -0.686. The van der Waals surface area contributed by atoms with Crippen molar-refractivity contribution < 1.29 is 32.7 Å². The van der Waals surface area contributed by atoms with Crippen LogP contribution in [0.15, 0.2) is 36.4 Å². The molecule has 0 radical (unpaired) electrons. The summed E-state index contributed by atoms with van der Waals surface area (Å²) in [5.41, 5.74) is 1.58. The summed E-state index contributed by atoms with van der Waals surface area (Å²) >= 11 is 0. The average Bonchev–Trinajstić information content (AvgIpc) is 3.50. The molecular weight excluding hydrogens is 510 g/mol. The van der Waals surface area contributed by atoms with Crippen molar-refractivity contribution in [1.29, 1.82) is 0 Å². The molecule has 11 heteroatoms. The average molecular weight is 541 g/mol. The molecule has 2 aromatic carbocycles. The van der Waals surface area contributed by atoms with Crippen molar-refractivity contribution in [1.82, 2.24) is 20.4 Å². The Morgan fingerprint density at radius 1 is 1.10 bits per heavy atom. The van der Waals surface area contributed by atoms with E-state index in [0.717, 1.165) is 24.6 Å². The number of piperidine rings is 1.